The van der Waals surface area contributed by atoms with Crippen LogP contribution in [0.1, 0.15) is 26.6 Å². The van der Waals surface area contributed by atoms with Gasteiger partial charge < -0.3 is 15.7 Å². The van der Waals surface area contributed by atoms with Gasteiger partial charge in [0.25, 0.3) is 0 Å². The fourth-order valence-electron chi connectivity index (χ4n) is 2.51. The Bertz CT molecular complexity index is 449. The maximum absolute atomic E-state index is 9.87. The largest absolute Gasteiger partial charge is 0.389 e. The molecule has 0 aliphatic carbocycles. The molecule has 0 atom stereocenters. The van der Waals surface area contributed by atoms with Crippen molar-refractivity contribution in [3.63, 3.8) is 0 Å². The van der Waals surface area contributed by atoms with Gasteiger partial charge in [-0.2, -0.15) is 0 Å². The maximum Gasteiger partial charge on any atom is 0.134 e. The molecule has 0 radical (unpaired) electrons. The highest BCUT2D eigenvalue weighted by atomic mass is 16.3. The Balaban J connectivity index is 1.98. The number of nitrogens with two attached hydrogens (primary N) is 1. The number of anilines is 2. The minimum Gasteiger partial charge on any atom is -0.389 e. The Hall–Kier alpha value is -1.40. The van der Waals surface area contributed by atoms with E-state index in [0.29, 0.717) is 12.4 Å². The van der Waals surface area contributed by atoms with E-state index in [1.54, 1.807) is 0 Å². The first-order valence-electron chi connectivity index (χ1n) is 7.20. The lowest BCUT2D eigenvalue weighted by Gasteiger charge is -2.37. The first-order chi connectivity index (χ1) is 9.37. The zero-order chi connectivity index (χ0) is 14.8. The van der Waals surface area contributed by atoms with E-state index in [4.69, 9.17) is 5.73 Å². The fourth-order valence-corrected chi connectivity index (χ4v) is 2.51. The molecule has 1 fully saturated rings. The molecule has 2 heterocycles. The molecule has 0 saturated carbocycles. The number of nitrogens with zero attached hydrogens (tertiary/aromatic N) is 4. The van der Waals surface area contributed by atoms with E-state index in [1.165, 1.54) is 0 Å². The number of nitrogen functional groups attached to an aromatic ring is 1. The van der Waals surface area contributed by atoms with Gasteiger partial charge >= 0.3 is 0 Å². The van der Waals surface area contributed by atoms with Gasteiger partial charge in [-0.15, -0.1) is 0 Å². The third kappa shape index (κ3) is 4.05. The Morgan fingerprint density at radius 3 is 2.45 bits per heavy atom. The van der Waals surface area contributed by atoms with Crippen molar-refractivity contribution in [2.24, 2.45) is 0 Å². The summed E-state index contributed by atoms with van der Waals surface area (Å²) in [5.41, 5.74) is 5.19. The summed E-state index contributed by atoms with van der Waals surface area (Å²) in [4.78, 5) is 13.3. The summed E-state index contributed by atoms with van der Waals surface area (Å²) < 4.78 is 0. The minimum atomic E-state index is -0.642. The smallest absolute Gasteiger partial charge is 0.134 e. The highest BCUT2D eigenvalue weighted by molar-refractivity contribution is 5.47. The predicted octanol–water partition coefficient (Wildman–Crippen LogP) is 0.514. The normalized spacial score (nSPS) is 17.5. The van der Waals surface area contributed by atoms with Crippen LogP contribution in [-0.2, 0) is 6.42 Å². The van der Waals surface area contributed by atoms with Crippen molar-refractivity contribution in [1.82, 2.24) is 14.9 Å². The Labute approximate surface area is 120 Å². The standard InChI is InChI=1S/C14H25N5O/c1-4-12-16-11(15)9-13(17-12)19-7-5-18(6-8-19)10-14(2,3)20/h9,20H,4-8,10H2,1-3H3,(H2,15,16,17). The van der Waals surface area contributed by atoms with E-state index in [-0.39, 0.29) is 0 Å². The van der Waals surface area contributed by atoms with Gasteiger partial charge in [-0.25, -0.2) is 9.97 Å². The van der Waals surface area contributed by atoms with Crippen molar-refractivity contribution in [3.05, 3.63) is 11.9 Å². The topological polar surface area (TPSA) is 78.5 Å². The summed E-state index contributed by atoms with van der Waals surface area (Å²) in [5, 5.41) is 9.87. The van der Waals surface area contributed by atoms with Gasteiger partial charge in [-0.1, -0.05) is 6.92 Å². The van der Waals surface area contributed by atoms with Crippen LogP contribution in [0.25, 0.3) is 0 Å². The van der Waals surface area contributed by atoms with Gasteiger partial charge in [0, 0.05) is 45.2 Å². The number of β-amino-alcohol motifs (C(OH)–C–C–N with tert-alkyl or cyclic N) is 1. The lowest BCUT2D eigenvalue weighted by atomic mass is 10.1. The average molecular weight is 279 g/mol. The van der Waals surface area contributed by atoms with Crippen molar-refractivity contribution >= 4 is 11.6 Å². The molecule has 6 nitrogen and oxygen atoms in total. The maximum atomic E-state index is 9.87. The van der Waals surface area contributed by atoms with Crippen molar-refractivity contribution < 1.29 is 5.11 Å². The quantitative estimate of drug-likeness (QED) is 0.836. The number of hydrogen-bond acceptors (Lipinski definition) is 6. The van der Waals surface area contributed by atoms with E-state index in [2.05, 4.69) is 19.8 Å². The van der Waals surface area contributed by atoms with Crippen molar-refractivity contribution in [1.29, 1.82) is 0 Å². The van der Waals surface area contributed by atoms with Crippen LogP contribution in [0.2, 0.25) is 0 Å². The Morgan fingerprint density at radius 2 is 1.90 bits per heavy atom. The van der Waals surface area contributed by atoms with Gasteiger partial charge in [-0.3, -0.25) is 4.90 Å². The van der Waals surface area contributed by atoms with E-state index in [1.807, 2.05) is 26.8 Å². The molecule has 0 aromatic carbocycles. The van der Waals surface area contributed by atoms with Crippen molar-refractivity contribution in [3.8, 4) is 0 Å². The molecule has 0 amide bonds. The minimum absolute atomic E-state index is 0.533. The summed E-state index contributed by atoms with van der Waals surface area (Å²) in [5.74, 6) is 2.24. The van der Waals surface area contributed by atoms with Gasteiger partial charge in [-0.05, 0) is 13.8 Å². The molecule has 1 aromatic heterocycles. The van der Waals surface area contributed by atoms with Crippen LogP contribution in [0.15, 0.2) is 6.07 Å². The SMILES string of the molecule is CCc1nc(N)cc(N2CCN(CC(C)(C)O)CC2)n1. The number of aryl methyl sites for hydroxylation is 1. The second-order valence-electron chi connectivity index (χ2n) is 6.00. The molecule has 1 saturated heterocycles. The molecule has 1 aliphatic rings. The van der Waals surface area contributed by atoms with Crippen LogP contribution in [0.4, 0.5) is 11.6 Å². The molecule has 1 aromatic rings. The predicted molar refractivity (Wildman–Crippen MR) is 80.8 cm³/mol. The first-order valence-corrected chi connectivity index (χ1v) is 7.20. The van der Waals surface area contributed by atoms with E-state index in [0.717, 1.165) is 44.2 Å². The number of piperazine rings is 1. The second kappa shape index (κ2) is 5.93. The third-order valence-corrected chi connectivity index (χ3v) is 3.40. The molecular formula is C14H25N5O. The molecule has 3 N–H and O–H groups in total. The van der Waals surface area contributed by atoms with E-state index >= 15 is 0 Å². The molecule has 6 heteroatoms. The van der Waals surface area contributed by atoms with Crippen LogP contribution in [0.3, 0.4) is 0 Å². The molecule has 1 aliphatic heterocycles. The zero-order valence-electron chi connectivity index (χ0n) is 12.6. The number of aromatic nitrogens is 2. The van der Waals surface area contributed by atoms with Crippen LogP contribution in [0, 0.1) is 0 Å². The van der Waals surface area contributed by atoms with Crippen molar-refractivity contribution in [2.75, 3.05) is 43.4 Å². The average Bonchev–Trinajstić information content (AvgIpc) is 2.37. The molecule has 0 unspecified atom stereocenters. The molecule has 0 bridgehead atoms. The Morgan fingerprint density at radius 1 is 1.25 bits per heavy atom. The van der Waals surface area contributed by atoms with Crippen molar-refractivity contribution in [2.45, 2.75) is 32.8 Å². The number of rotatable bonds is 4. The van der Waals surface area contributed by atoms with Crippen LogP contribution in [0.5, 0.6) is 0 Å². The number of hydrogen-bond donors (Lipinski definition) is 2. The van der Waals surface area contributed by atoms with Crippen LogP contribution >= 0.6 is 0 Å². The van der Waals surface area contributed by atoms with Gasteiger partial charge in [0.05, 0.1) is 5.60 Å². The third-order valence-electron chi connectivity index (χ3n) is 3.40. The van der Waals surface area contributed by atoms with Gasteiger partial charge in [0.2, 0.25) is 0 Å². The lowest BCUT2D eigenvalue weighted by Crippen LogP contribution is -2.50. The lowest BCUT2D eigenvalue weighted by molar-refractivity contribution is 0.0344. The summed E-state index contributed by atoms with van der Waals surface area (Å²) in [6.45, 7) is 10.1. The zero-order valence-corrected chi connectivity index (χ0v) is 12.6. The van der Waals surface area contributed by atoms with Gasteiger partial charge in [0.15, 0.2) is 0 Å². The first kappa shape index (κ1) is 15.0. The monoisotopic (exact) mass is 279 g/mol. The molecule has 2 rings (SSSR count). The van der Waals surface area contributed by atoms with Gasteiger partial charge in [0.1, 0.15) is 17.5 Å². The highest BCUT2D eigenvalue weighted by Crippen LogP contribution is 2.17. The molecule has 0 spiro atoms. The van der Waals surface area contributed by atoms with E-state index < -0.39 is 5.60 Å². The second-order valence-corrected chi connectivity index (χ2v) is 6.00. The van der Waals surface area contributed by atoms with E-state index in [9.17, 15) is 5.11 Å². The molecule has 112 valence electrons. The number of aliphatic hydroxyl groups is 1. The molecular weight excluding hydrogens is 254 g/mol. The molecule has 20 heavy (non-hydrogen) atoms. The summed E-state index contributed by atoms with van der Waals surface area (Å²) in [6.07, 6.45) is 0.788. The summed E-state index contributed by atoms with van der Waals surface area (Å²) in [6, 6.07) is 1.84. The Kier molecular flexibility index (Phi) is 4.45. The highest BCUT2D eigenvalue weighted by Gasteiger charge is 2.23. The summed E-state index contributed by atoms with van der Waals surface area (Å²) in [7, 11) is 0. The fraction of sp³-hybridized carbons (Fsp3) is 0.714. The van der Waals surface area contributed by atoms with Crippen LogP contribution < -0.4 is 10.6 Å². The van der Waals surface area contributed by atoms with Crippen LogP contribution in [-0.4, -0.2) is 58.3 Å². The summed E-state index contributed by atoms with van der Waals surface area (Å²) >= 11 is 0.